The number of nitrogens with one attached hydrogen (secondary N) is 1. The van der Waals surface area contributed by atoms with Crippen LogP contribution in [0.4, 0.5) is 0 Å². The zero-order chi connectivity index (χ0) is 18.6. The molecule has 0 bridgehead atoms. The zero-order valence-corrected chi connectivity index (χ0v) is 14.3. The summed E-state index contributed by atoms with van der Waals surface area (Å²) in [6.07, 6.45) is 0. The van der Waals surface area contributed by atoms with Crippen molar-refractivity contribution < 1.29 is 23.9 Å². The Kier molecular flexibility index (Phi) is 5.59. The Bertz CT molecular complexity index is 792. The highest BCUT2D eigenvalue weighted by Gasteiger charge is 2.17. The molecule has 0 fully saturated rings. The quantitative estimate of drug-likeness (QED) is 0.837. The summed E-state index contributed by atoms with van der Waals surface area (Å²) in [5.41, 5.74) is 1.48. The Morgan fingerprint density at radius 2 is 1.84 bits per heavy atom. The van der Waals surface area contributed by atoms with Gasteiger partial charge in [0.2, 0.25) is 5.91 Å². The fraction of sp³-hybridized carbons (Fsp3) is 0.278. The number of benzene rings is 1. The van der Waals surface area contributed by atoms with Crippen LogP contribution >= 0.6 is 0 Å². The number of rotatable bonds is 6. The van der Waals surface area contributed by atoms with E-state index < -0.39 is 5.97 Å². The predicted octanol–water partition coefficient (Wildman–Crippen LogP) is 2.19. The predicted molar refractivity (Wildman–Crippen MR) is 90.2 cm³/mol. The third kappa shape index (κ3) is 4.69. The van der Waals surface area contributed by atoms with Gasteiger partial charge in [0.25, 0.3) is 5.91 Å². The molecule has 0 spiro atoms. The molecule has 1 aromatic heterocycles. The lowest BCUT2D eigenvalue weighted by Crippen LogP contribution is -2.26. The number of hydrogen-bond donors (Lipinski definition) is 2. The van der Waals surface area contributed by atoms with Crippen LogP contribution in [0.3, 0.4) is 0 Å². The van der Waals surface area contributed by atoms with E-state index in [-0.39, 0.29) is 23.9 Å². The molecular formula is C18H20N2O5. The van der Waals surface area contributed by atoms with Gasteiger partial charge in [-0.3, -0.25) is 9.59 Å². The second kappa shape index (κ2) is 7.65. The molecule has 7 heteroatoms. The van der Waals surface area contributed by atoms with E-state index in [1.807, 2.05) is 0 Å². The molecule has 2 N–H and O–H groups in total. The molecule has 0 saturated heterocycles. The van der Waals surface area contributed by atoms with Crippen molar-refractivity contribution in [3.63, 3.8) is 0 Å². The van der Waals surface area contributed by atoms with Crippen molar-refractivity contribution in [3.05, 3.63) is 58.5 Å². The molecule has 0 unspecified atom stereocenters. The first-order valence-electron chi connectivity index (χ1n) is 7.69. The Morgan fingerprint density at radius 3 is 2.36 bits per heavy atom. The molecule has 7 nitrogen and oxygen atoms in total. The molecule has 0 atom stereocenters. The summed E-state index contributed by atoms with van der Waals surface area (Å²) in [4.78, 5) is 35.8. The average Bonchev–Trinajstić information content (AvgIpc) is 2.93. The van der Waals surface area contributed by atoms with E-state index in [0.29, 0.717) is 23.6 Å². The third-order valence-electron chi connectivity index (χ3n) is 3.68. The van der Waals surface area contributed by atoms with Gasteiger partial charge in [-0.25, -0.2) is 4.79 Å². The highest BCUT2D eigenvalue weighted by molar-refractivity contribution is 5.94. The minimum Gasteiger partial charge on any atom is -0.478 e. The van der Waals surface area contributed by atoms with E-state index >= 15 is 0 Å². The lowest BCUT2D eigenvalue weighted by molar-refractivity contribution is -0.119. The number of carboxylic acids is 1. The lowest BCUT2D eigenvalue weighted by Gasteiger charge is -2.16. The summed E-state index contributed by atoms with van der Waals surface area (Å²) in [6.45, 7) is 3.59. The Morgan fingerprint density at radius 1 is 1.20 bits per heavy atom. The normalized spacial score (nSPS) is 10.4. The van der Waals surface area contributed by atoms with Gasteiger partial charge < -0.3 is 19.7 Å². The van der Waals surface area contributed by atoms with E-state index in [4.69, 9.17) is 9.52 Å². The molecule has 0 aliphatic carbocycles. The van der Waals surface area contributed by atoms with Crippen molar-refractivity contribution in [1.29, 1.82) is 0 Å². The van der Waals surface area contributed by atoms with Crippen LogP contribution in [0.15, 0.2) is 34.7 Å². The van der Waals surface area contributed by atoms with Crippen LogP contribution in [0, 0.1) is 6.92 Å². The lowest BCUT2D eigenvalue weighted by atomic mass is 10.1. The summed E-state index contributed by atoms with van der Waals surface area (Å²) >= 11 is 0. The minimum atomic E-state index is -1.06. The number of carbonyl (C=O) groups excluding carboxylic acids is 2. The topological polar surface area (TPSA) is 99.9 Å². The highest BCUT2D eigenvalue weighted by atomic mass is 16.4. The number of carbonyl (C=O) groups is 3. The number of nitrogens with zero attached hydrogens (tertiary/aromatic N) is 1. The Hall–Kier alpha value is -3.09. The molecule has 2 aromatic rings. The Balaban J connectivity index is 2.03. The summed E-state index contributed by atoms with van der Waals surface area (Å²) in [5, 5.41) is 11.7. The van der Waals surface area contributed by atoms with Crippen LogP contribution < -0.4 is 5.32 Å². The summed E-state index contributed by atoms with van der Waals surface area (Å²) in [7, 11) is 1.62. The van der Waals surface area contributed by atoms with Gasteiger partial charge in [-0.1, -0.05) is 12.1 Å². The molecule has 2 amide bonds. The summed E-state index contributed by atoms with van der Waals surface area (Å²) in [6, 6.07) is 8.35. The molecule has 0 aliphatic heterocycles. The molecule has 0 saturated carbocycles. The summed E-state index contributed by atoms with van der Waals surface area (Å²) < 4.78 is 5.39. The van der Waals surface area contributed by atoms with E-state index in [0.717, 1.165) is 5.56 Å². The number of amides is 2. The van der Waals surface area contributed by atoms with Gasteiger partial charge in [-0.2, -0.15) is 0 Å². The van der Waals surface area contributed by atoms with Crippen LogP contribution in [-0.4, -0.2) is 34.8 Å². The molecule has 132 valence electrons. The minimum absolute atomic E-state index is 0.0955. The van der Waals surface area contributed by atoms with Gasteiger partial charge in [0, 0.05) is 26.1 Å². The zero-order valence-electron chi connectivity index (χ0n) is 14.3. The van der Waals surface area contributed by atoms with E-state index in [9.17, 15) is 14.4 Å². The van der Waals surface area contributed by atoms with Crippen molar-refractivity contribution in [1.82, 2.24) is 10.2 Å². The second-order valence-corrected chi connectivity index (χ2v) is 5.76. The van der Waals surface area contributed by atoms with Gasteiger partial charge in [0.05, 0.1) is 6.54 Å². The van der Waals surface area contributed by atoms with Crippen LogP contribution in [0.2, 0.25) is 0 Å². The maximum Gasteiger partial charge on any atom is 0.339 e. The first-order chi connectivity index (χ1) is 11.8. The molecule has 2 rings (SSSR count). The van der Waals surface area contributed by atoms with E-state index in [2.05, 4.69) is 5.32 Å². The van der Waals surface area contributed by atoms with Gasteiger partial charge in [0.15, 0.2) is 0 Å². The van der Waals surface area contributed by atoms with Crippen molar-refractivity contribution in [2.75, 3.05) is 7.05 Å². The standard InChI is InChI=1S/C18H20N2O5/c1-11-16(18(23)24)8-15(25-11)10-20(3)17(22)14-6-4-13(5-7-14)9-19-12(2)21/h4-8H,9-10H2,1-3H3,(H,19,21)(H,23,24). The van der Waals surface area contributed by atoms with Crippen LogP contribution in [0.5, 0.6) is 0 Å². The third-order valence-corrected chi connectivity index (χ3v) is 3.68. The number of hydrogen-bond acceptors (Lipinski definition) is 4. The van der Waals surface area contributed by atoms with Gasteiger partial charge >= 0.3 is 5.97 Å². The average molecular weight is 344 g/mol. The molecule has 0 radical (unpaired) electrons. The summed E-state index contributed by atoms with van der Waals surface area (Å²) in [5.74, 6) is -0.665. The maximum atomic E-state index is 12.5. The smallest absolute Gasteiger partial charge is 0.339 e. The van der Waals surface area contributed by atoms with Crippen LogP contribution in [-0.2, 0) is 17.9 Å². The van der Waals surface area contributed by atoms with Crippen LogP contribution in [0.25, 0.3) is 0 Å². The van der Waals surface area contributed by atoms with Crippen molar-refractivity contribution in [2.24, 2.45) is 0 Å². The largest absolute Gasteiger partial charge is 0.478 e. The number of furan rings is 1. The first-order valence-corrected chi connectivity index (χ1v) is 7.69. The van der Waals surface area contributed by atoms with Gasteiger partial charge in [0.1, 0.15) is 17.1 Å². The number of carboxylic acid groups (broad SMARTS) is 1. The number of aryl methyl sites for hydroxylation is 1. The maximum absolute atomic E-state index is 12.5. The molecular weight excluding hydrogens is 324 g/mol. The SMILES string of the molecule is CC(=O)NCc1ccc(C(=O)N(C)Cc2cc(C(=O)O)c(C)o2)cc1. The van der Waals surface area contributed by atoms with Crippen molar-refractivity contribution in [3.8, 4) is 0 Å². The van der Waals surface area contributed by atoms with E-state index in [1.165, 1.54) is 17.9 Å². The molecule has 0 aliphatic rings. The fourth-order valence-electron chi connectivity index (χ4n) is 2.35. The molecule has 1 heterocycles. The van der Waals surface area contributed by atoms with Crippen molar-refractivity contribution in [2.45, 2.75) is 26.9 Å². The Labute approximate surface area is 145 Å². The highest BCUT2D eigenvalue weighted by Crippen LogP contribution is 2.17. The fourth-order valence-corrected chi connectivity index (χ4v) is 2.35. The van der Waals surface area contributed by atoms with Gasteiger partial charge in [-0.15, -0.1) is 0 Å². The molecule has 1 aromatic carbocycles. The first kappa shape index (κ1) is 18.3. The van der Waals surface area contributed by atoms with Crippen molar-refractivity contribution >= 4 is 17.8 Å². The second-order valence-electron chi connectivity index (χ2n) is 5.76. The number of aromatic carboxylic acids is 1. The molecule has 25 heavy (non-hydrogen) atoms. The monoisotopic (exact) mass is 344 g/mol. The van der Waals surface area contributed by atoms with Gasteiger partial charge in [-0.05, 0) is 30.7 Å². The van der Waals surface area contributed by atoms with Crippen LogP contribution in [0.1, 0.15) is 44.7 Å². The van der Waals surface area contributed by atoms with E-state index in [1.54, 1.807) is 38.2 Å².